The third-order valence-electron chi connectivity index (χ3n) is 4.05. The van der Waals surface area contributed by atoms with Gasteiger partial charge in [-0.1, -0.05) is 18.2 Å². The van der Waals surface area contributed by atoms with E-state index in [1.807, 2.05) is 0 Å². The molecule has 1 atom stereocenters. The molecule has 132 valence electrons. The highest BCUT2D eigenvalue weighted by atomic mass is 19.1. The SMILES string of the molecule is COC(=O)c1ccc(C(=O)NCC(C)(OC)c2ccccc2F)cc1. The third kappa shape index (κ3) is 4.22. The van der Waals surface area contributed by atoms with Crippen LogP contribution in [0.25, 0.3) is 0 Å². The van der Waals surface area contributed by atoms with Gasteiger partial charge in [0.05, 0.1) is 19.2 Å². The number of methoxy groups -OCH3 is 2. The van der Waals surface area contributed by atoms with Gasteiger partial charge in [-0.3, -0.25) is 4.79 Å². The number of nitrogens with one attached hydrogen (secondary N) is 1. The van der Waals surface area contributed by atoms with Crippen LogP contribution in [0.1, 0.15) is 33.2 Å². The lowest BCUT2D eigenvalue weighted by molar-refractivity contribution is 0.000389. The van der Waals surface area contributed by atoms with Gasteiger partial charge in [-0.2, -0.15) is 0 Å². The minimum atomic E-state index is -1.01. The van der Waals surface area contributed by atoms with Crippen LogP contribution in [0.2, 0.25) is 0 Å². The molecular weight excluding hydrogens is 325 g/mol. The van der Waals surface area contributed by atoms with Crippen LogP contribution in [0, 0.1) is 5.82 Å². The van der Waals surface area contributed by atoms with Crippen LogP contribution in [0.4, 0.5) is 4.39 Å². The largest absolute Gasteiger partial charge is 0.465 e. The van der Waals surface area contributed by atoms with Crippen LogP contribution in [0.15, 0.2) is 48.5 Å². The molecule has 0 aliphatic heterocycles. The fraction of sp³-hybridized carbons (Fsp3) is 0.263. The normalized spacial score (nSPS) is 13.0. The van der Waals surface area contributed by atoms with Crippen LogP contribution in [0.3, 0.4) is 0 Å². The van der Waals surface area contributed by atoms with Crippen molar-refractivity contribution in [2.45, 2.75) is 12.5 Å². The number of ether oxygens (including phenoxy) is 2. The molecule has 0 saturated heterocycles. The quantitative estimate of drug-likeness (QED) is 0.818. The topological polar surface area (TPSA) is 64.6 Å². The van der Waals surface area contributed by atoms with Crippen molar-refractivity contribution in [2.24, 2.45) is 0 Å². The molecule has 1 unspecified atom stereocenters. The fourth-order valence-electron chi connectivity index (χ4n) is 2.39. The number of halogens is 1. The van der Waals surface area contributed by atoms with Gasteiger partial charge in [-0.15, -0.1) is 0 Å². The van der Waals surface area contributed by atoms with E-state index in [1.54, 1.807) is 25.1 Å². The maximum absolute atomic E-state index is 14.0. The second kappa shape index (κ2) is 7.90. The van der Waals surface area contributed by atoms with E-state index in [9.17, 15) is 14.0 Å². The van der Waals surface area contributed by atoms with Crippen molar-refractivity contribution in [1.82, 2.24) is 5.32 Å². The van der Waals surface area contributed by atoms with Gasteiger partial charge in [0, 0.05) is 18.2 Å². The number of hydrogen-bond acceptors (Lipinski definition) is 4. The van der Waals surface area contributed by atoms with E-state index in [-0.39, 0.29) is 12.5 Å². The molecule has 25 heavy (non-hydrogen) atoms. The van der Waals surface area contributed by atoms with Crippen molar-refractivity contribution in [3.05, 3.63) is 71.0 Å². The standard InChI is InChI=1S/C19H20FNO4/c1-19(25-3,15-6-4-5-7-16(15)20)12-21-17(22)13-8-10-14(11-9-13)18(23)24-2/h4-11H,12H2,1-3H3,(H,21,22). The van der Waals surface area contributed by atoms with Gasteiger partial charge in [-0.05, 0) is 37.3 Å². The lowest BCUT2D eigenvalue weighted by Crippen LogP contribution is -2.40. The third-order valence-corrected chi connectivity index (χ3v) is 4.05. The number of amides is 1. The van der Waals surface area contributed by atoms with Crippen LogP contribution in [-0.4, -0.2) is 32.6 Å². The Bertz CT molecular complexity index is 760. The van der Waals surface area contributed by atoms with Gasteiger partial charge >= 0.3 is 5.97 Å². The number of esters is 1. The molecule has 1 N–H and O–H groups in total. The second-order valence-corrected chi connectivity index (χ2v) is 5.67. The molecule has 5 nitrogen and oxygen atoms in total. The molecule has 0 aliphatic rings. The van der Waals surface area contributed by atoms with Crippen molar-refractivity contribution in [1.29, 1.82) is 0 Å². The van der Waals surface area contributed by atoms with Gasteiger partial charge in [-0.25, -0.2) is 9.18 Å². The number of carbonyl (C=O) groups is 2. The Hall–Kier alpha value is -2.73. The average molecular weight is 345 g/mol. The first-order chi connectivity index (χ1) is 11.9. The highest BCUT2D eigenvalue weighted by molar-refractivity contribution is 5.96. The van der Waals surface area contributed by atoms with Crippen LogP contribution in [0.5, 0.6) is 0 Å². The summed E-state index contributed by atoms with van der Waals surface area (Å²) in [5.41, 5.74) is 0.0815. The molecule has 0 bridgehead atoms. The van der Waals surface area contributed by atoms with Gasteiger partial charge in [0.15, 0.2) is 0 Å². The van der Waals surface area contributed by atoms with E-state index in [0.717, 1.165) is 0 Å². The molecule has 1 amide bonds. The zero-order valence-electron chi connectivity index (χ0n) is 14.3. The molecule has 0 heterocycles. The van der Waals surface area contributed by atoms with E-state index >= 15 is 0 Å². The lowest BCUT2D eigenvalue weighted by Gasteiger charge is -2.29. The van der Waals surface area contributed by atoms with Crippen LogP contribution in [-0.2, 0) is 15.1 Å². The smallest absolute Gasteiger partial charge is 0.337 e. The maximum Gasteiger partial charge on any atom is 0.337 e. The van der Waals surface area contributed by atoms with Gasteiger partial charge in [0.2, 0.25) is 0 Å². The summed E-state index contributed by atoms with van der Waals surface area (Å²) in [6.45, 7) is 1.79. The van der Waals surface area contributed by atoms with Crippen LogP contribution < -0.4 is 5.32 Å². The minimum Gasteiger partial charge on any atom is -0.465 e. The molecule has 2 aromatic carbocycles. The van der Waals surface area contributed by atoms with E-state index in [2.05, 4.69) is 10.1 Å². The molecule has 2 rings (SSSR count). The minimum absolute atomic E-state index is 0.0853. The van der Waals surface area contributed by atoms with Gasteiger partial charge in [0.25, 0.3) is 5.91 Å². The Kier molecular flexibility index (Phi) is 5.88. The number of benzene rings is 2. The van der Waals surface area contributed by atoms with Crippen LogP contribution >= 0.6 is 0 Å². The molecular formula is C19H20FNO4. The van der Waals surface area contributed by atoms with E-state index in [1.165, 1.54) is 44.6 Å². The molecule has 0 fully saturated rings. The summed E-state index contributed by atoms with van der Waals surface area (Å²) in [6, 6.07) is 12.3. The highest BCUT2D eigenvalue weighted by Gasteiger charge is 2.29. The van der Waals surface area contributed by atoms with E-state index in [0.29, 0.717) is 16.7 Å². The van der Waals surface area contributed by atoms with Crippen molar-refractivity contribution < 1.29 is 23.5 Å². The molecule has 6 heteroatoms. The predicted molar refractivity (Wildman–Crippen MR) is 90.9 cm³/mol. The molecule has 0 saturated carbocycles. The molecule has 0 spiro atoms. The van der Waals surface area contributed by atoms with E-state index < -0.39 is 17.4 Å². The monoisotopic (exact) mass is 345 g/mol. The Morgan fingerprint density at radius 3 is 2.20 bits per heavy atom. The average Bonchev–Trinajstić information content (AvgIpc) is 2.65. The second-order valence-electron chi connectivity index (χ2n) is 5.67. The number of hydrogen-bond donors (Lipinski definition) is 1. The fourth-order valence-corrected chi connectivity index (χ4v) is 2.39. The summed E-state index contributed by atoms with van der Waals surface area (Å²) in [4.78, 5) is 23.7. The summed E-state index contributed by atoms with van der Waals surface area (Å²) in [7, 11) is 2.75. The summed E-state index contributed by atoms with van der Waals surface area (Å²) in [6.07, 6.45) is 0. The summed E-state index contributed by atoms with van der Waals surface area (Å²) in [5.74, 6) is -1.22. The first kappa shape index (κ1) is 18.6. The first-order valence-electron chi connectivity index (χ1n) is 7.68. The Balaban J connectivity index is 2.10. The zero-order valence-corrected chi connectivity index (χ0v) is 14.3. The Morgan fingerprint density at radius 1 is 1.04 bits per heavy atom. The summed E-state index contributed by atoms with van der Waals surface area (Å²) in [5, 5.41) is 2.73. The van der Waals surface area contributed by atoms with Crippen molar-refractivity contribution in [2.75, 3.05) is 20.8 Å². The highest BCUT2D eigenvalue weighted by Crippen LogP contribution is 2.26. The maximum atomic E-state index is 14.0. The number of rotatable bonds is 6. The van der Waals surface area contributed by atoms with Gasteiger partial charge in [0.1, 0.15) is 11.4 Å². The van der Waals surface area contributed by atoms with Crippen molar-refractivity contribution >= 4 is 11.9 Å². The molecule has 0 radical (unpaired) electrons. The molecule has 0 aromatic heterocycles. The Labute approximate surface area is 145 Å². The Morgan fingerprint density at radius 2 is 1.64 bits per heavy atom. The molecule has 0 aliphatic carbocycles. The van der Waals surface area contributed by atoms with E-state index in [4.69, 9.17) is 4.74 Å². The van der Waals surface area contributed by atoms with Gasteiger partial charge < -0.3 is 14.8 Å². The van der Waals surface area contributed by atoms with Crippen molar-refractivity contribution in [3.63, 3.8) is 0 Å². The zero-order chi connectivity index (χ0) is 18.4. The lowest BCUT2D eigenvalue weighted by atomic mass is 9.95. The first-order valence-corrected chi connectivity index (χ1v) is 7.68. The predicted octanol–water partition coefficient (Wildman–Crippen LogP) is 2.90. The number of carbonyl (C=O) groups excluding carboxylic acids is 2. The summed E-state index contributed by atoms with van der Waals surface area (Å²) >= 11 is 0. The summed E-state index contributed by atoms with van der Waals surface area (Å²) < 4.78 is 24.1. The van der Waals surface area contributed by atoms with Crippen molar-refractivity contribution in [3.8, 4) is 0 Å². The molecule has 2 aromatic rings.